The average molecular weight is 412 g/mol. The Labute approximate surface area is 175 Å². The van der Waals surface area contributed by atoms with Crippen LogP contribution in [0.4, 0.5) is 10.7 Å². The highest BCUT2D eigenvalue weighted by Gasteiger charge is 2.29. The number of nitrogens with zero attached hydrogens (tertiary/aromatic N) is 4. The molecule has 9 heteroatoms. The lowest BCUT2D eigenvalue weighted by Crippen LogP contribution is -2.53. The molecule has 1 atom stereocenters. The van der Waals surface area contributed by atoms with Gasteiger partial charge in [0.1, 0.15) is 5.76 Å². The van der Waals surface area contributed by atoms with Gasteiger partial charge in [0.2, 0.25) is 11.9 Å². The first-order valence-electron chi connectivity index (χ1n) is 10.6. The number of furan rings is 1. The van der Waals surface area contributed by atoms with Crippen LogP contribution >= 0.6 is 0 Å². The Bertz CT molecular complexity index is 821. The smallest absolute Gasteiger partial charge is 0.317 e. The van der Waals surface area contributed by atoms with Crippen molar-refractivity contribution >= 4 is 17.9 Å². The highest BCUT2D eigenvalue weighted by atomic mass is 16.3. The molecule has 0 radical (unpaired) electrons. The zero-order valence-corrected chi connectivity index (χ0v) is 17.0. The highest BCUT2D eigenvalue weighted by Crippen LogP contribution is 2.19. The fourth-order valence-electron chi connectivity index (χ4n) is 4.07. The number of anilines is 1. The van der Waals surface area contributed by atoms with E-state index >= 15 is 0 Å². The molecule has 4 heterocycles. The summed E-state index contributed by atoms with van der Waals surface area (Å²) in [5.41, 5.74) is 0. The monoisotopic (exact) mass is 412 g/mol. The van der Waals surface area contributed by atoms with Crippen LogP contribution in [0.1, 0.15) is 31.4 Å². The van der Waals surface area contributed by atoms with Crippen molar-refractivity contribution in [3.05, 3.63) is 42.6 Å². The summed E-state index contributed by atoms with van der Waals surface area (Å²) in [7, 11) is 0. The van der Waals surface area contributed by atoms with Gasteiger partial charge in [0.05, 0.1) is 12.8 Å². The SMILES string of the molecule is O=C(NCc1ccco1)C1CCN(C(=O)NC2CCCN(c3ncccn3)C2)CC1. The summed E-state index contributed by atoms with van der Waals surface area (Å²) in [6.07, 6.45) is 8.34. The minimum absolute atomic E-state index is 0.0252. The van der Waals surface area contributed by atoms with E-state index in [0.717, 1.165) is 25.1 Å². The predicted octanol–water partition coefficient (Wildman–Crippen LogP) is 1.78. The third kappa shape index (κ3) is 5.08. The molecule has 0 aliphatic carbocycles. The Balaban J connectivity index is 1.21. The van der Waals surface area contributed by atoms with E-state index in [9.17, 15) is 9.59 Å². The van der Waals surface area contributed by atoms with E-state index < -0.39 is 0 Å². The molecule has 30 heavy (non-hydrogen) atoms. The van der Waals surface area contributed by atoms with Crippen molar-refractivity contribution in [3.8, 4) is 0 Å². The topological polar surface area (TPSA) is 104 Å². The largest absolute Gasteiger partial charge is 0.467 e. The Morgan fingerprint density at radius 2 is 1.90 bits per heavy atom. The zero-order chi connectivity index (χ0) is 20.8. The van der Waals surface area contributed by atoms with Gasteiger partial charge in [0.15, 0.2) is 0 Å². The maximum atomic E-state index is 12.7. The van der Waals surface area contributed by atoms with Crippen molar-refractivity contribution in [3.63, 3.8) is 0 Å². The Hall–Kier alpha value is -3.10. The lowest BCUT2D eigenvalue weighted by atomic mass is 9.96. The molecule has 2 fully saturated rings. The first kappa shape index (κ1) is 20.2. The summed E-state index contributed by atoms with van der Waals surface area (Å²) in [5, 5.41) is 6.07. The normalized spacial score (nSPS) is 20.1. The standard InChI is InChI=1S/C21H28N6O3/c28-19(24-14-18-5-2-13-30-18)16-6-11-26(12-7-16)21(29)25-17-4-1-10-27(15-17)20-22-8-3-9-23-20/h2-3,5,8-9,13,16-17H,1,4,6-7,10-12,14-15H2,(H,24,28)(H,25,29). The fraction of sp³-hybridized carbons (Fsp3) is 0.524. The molecule has 160 valence electrons. The van der Waals surface area contributed by atoms with Crippen LogP contribution in [0.15, 0.2) is 41.3 Å². The van der Waals surface area contributed by atoms with Crippen LogP contribution in [0.25, 0.3) is 0 Å². The molecule has 2 aromatic heterocycles. The van der Waals surface area contributed by atoms with E-state index in [1.807, 2.05) is 11.0 Å². The van der Waals surface area contributed by atoms with Crippen molar-refractivity contribution < 1.29 is 14.0 Å². The minimum Gasteiger partial charge on any atom is -0.467 e. The second kappa shape index (κ2) is 9.60. The third-order valence-electron chi connectivity index (χ3n) is 5.75. The van der Waals surface area contributed by atoms with E-state index in [1.54, 1.807) is 30.8 Å². The maximum Gasteiger partial charge on any atom is 0.317 e. The van der Waals surface area contributed by atoms with Crippen LogP contribution in [0.2, 0.25) is 0 Å². The quantitative estimate of drug-likeness (QED) is 0.776. The number of carbonyl (C=O) groups is 2. The van der Waals surface area contributed by atoms with Gasteiger partial charge in [-0.2, -0.15) is 0 Å². The van der Waals surface area contributed by atoms with Gasteiger partial charge < -0.3 is 24.9 Å². The highest BCUT2D eigenvalue weighted by molar-refractivity contribution is 5.79. The molecule has 2 N–H and O–H groups in total. The van der Waals surface area contributed by atoms with Gasteiger partial charge in [-0.05, 0) is 43.9 Å². The summed E-state index contributed by atoms with van der Waals surface area (Å²) in [4.78, 5) is 37.6. The number of hydrogen-bond donors (Lipinski definition) is 2. The number of piperidine rings is 2. The summed E-state index contributed by atoms with van der Waals surface area (Å²) in [5.74, 6) is 1.40. The molecule has 0 aromatic carbocycles. The number of rotatable bonds is 5. The van der Waals surface area contributed by atoms with Crippen LogP contribution in [-0.4, -0.2) is 59.0 Å². The summed E-state index contributed by atoms with van der Waals surface area (Å²) < 4.78 is 5.24. The van der Waals surface area contributed by atoms with Gasteiger partial charge in [-0.25, -0.2) is 14.8 Å². The van der Waals surface area contributed by atoms with Crippen LogP contribution in [0.3, 0.4) is 0 Å². The van der Waals surface area contributed by atoms with Crippen molar-refractivity contribution in [1.82, 2.24) is 25.5 Å². The number of aromatic nitrogens is 2. The third-order valence-corrected chi connectivity index (χ3v) is 5.75. The molecule has 2 aliphatic rings. The molecular formula is C21H28N6O3. The van der Waals surface area contributed by atoms with Gasteiger partial charge in [-0.3, -0.25) is 4.79 Å². The summed E-state index contributed by atoms with van der Waals surface area (Å²) >= 11 is 0. The van der Waals surface area contributed by atoms with Crippen LogP contribution in [-0.2, 0) is 11.3 Å². The van der Waals surface area contributed by atoms with Gasteiger partial charge in [0, 0.05) is 50.5 Å². The first-order valence-corrected chi connectivity index (χ1v) is 10.6. The molecule has 0 bridgehead atoms. The second-order valence-corrected chi connectivity index (χ2v) is 7.84. The van der Waals surface area contributed by atoms with Crippen molar-refractivity contribution in [1.29, 1.82) is 0 Å². The van der Waals surface area contributed by atoms with Gasteiger partial charge in [0.25, 0.3) is 0 Å². The predicted molar refractivity (Wildman–Crippen MR) is 111 cm³/mol. The number of urea groups is 1. The van der Waals surface area contributed by atoms with E-state index in [4.69, 9.17) is 4.42 Å². The molecule has 1 unspecified atom stereocenters. The molecule has 9 nitrogen and oxygen atoms in total. The molecule has 0 spiro atoms. The Morgan fingerprint density at radius 1 is 1.10 bits per heavy atom. The molecule has 4 rings (SSSR count). The fourth-order valence-corrected chi connectivity index (χ4v) is 4.07. The van der Waals surface area contributed by atoms with E-state index in [-0.39, 0.29) is 23.9 Å². The summed E-state index contributed by atoms with van der Waals surface area (Å²) in [6, 6.07) is 5.46. The Kier molecular flexibility index (Phi) is 6.46. The van der Waals surface area contributed by atoms with E-state index in [1.165, 1.54) is 0 Å². The molecule has 2 aromatic rings. The van der Waals surface area contributed by atoms with Crippen molar-refractivity contribution in [2.45, 2.75) is 38.3 Å². The lowest BCUT2D eigenvalue weighted by molar-refractivity contribution is -0.126. The molecule has 2 aliphatic heterocycles. The number of hydrogen-bond acceptors (Lipinski definition) is 6. The Morgan fingerprint density at radius 3 is 2.63 bits per heavy atom. The first-order chi connectivity index (χ1) is 14.7. The van der Waals surface area contributed by atoms with Crippen LogP contribution in [0.5, 0.6) is 0 Å². The van der Waals surface area contributed by atoms with Crippen LogP contribution < -0.4 is 15.5 Å². The number of carbonyl (C=O) groups excluding carboxylic acids is 2. The van der Waals surface area contributed by atoms with E-state index in [0.29, 0.717) is 45.0 Å². The molecular weight excluding hydrogens is 384 g/mol. The van der Waals surface area contributed by atoms with E-state index in [2.05, 4.69) is 25.5 Å². The van der Waals surface area contributed by atoms with Crippen LogP contribution in [0, 0.1) is 5.92 Å². The molecule has 3 amide bonds. The van der Waals surface area contributed by atoms with Crippen molar-refractivity contribution in [2.75, 3.05) is 31.1 Å². The number of nitrogens with one attached hydrogen (secondary N) is 2. The second-order valence-electron chi connectivity index (χ2n) is 7.84. The van der Waals surface area contributed by atoms with Gasteiger partial charge in [-0.1, -0.05) is 0 Å². The zero-order valence-electron chi connectivity index (χ0n) is 17.0. The summed E-state index contributed by atoms with van der Waals surface area (Å²) in [6.45, 7) is 3.18. The molecule has 2 saturated heterocycles. The number of likely N-dealkylation sites (tertiary alicyclic amines) is 1. The van der Waals surface area contributed by atoms with Gasteiger partial charge in [-0.15, -0.1) is 0 Å². The average Bonchev–Trinajstić information content (AvgIpc) is 3.32. The van der Waals surface area contributed by atoms with Crippen molar-refractivity contribution in [2.24, 2.45) is 5.92 Å². The lowest BCUT2D eigenvalue weighted by Gasteiger charge is -2.36. The van der Waals surface area contributed by atoms with Gasteiger partial charge >= 0.3 is 6.03 Å². The minimum atomic E-state index is -0.0654. The number of amides is 3. The molecule has 0 saturated carbocycles. The maximum absolute atomic E-state index is 12.7.